The van der Waals surface area contributed by atoms with Crippen molar-refractivity contribution < 1.29 is 13.9 Å². The van der Waals surface area contributed by atoms with Crippen LogP contribution in [-0.4, -0.2) is 23.2 Å². The van der Waals surface area contributed by atoms with E-state index in [0.29, 0.717) is 10.9 Å². The second kappa shape index (κ2) is 8.52. The lowest BCUT2D eigenvalue weighted by atomic mass is 9.97. The van der Waals surface area contributed by atoms with Crippen LogP contribution >= 0.6 is 11.3 Å². The normalized spacial score (nSPS) is 11.8. The summed E-state index contributed by atoms with van der Waals surface area (Å²) in [6.45, 7) is 3.72. The molecular formula is C26H21N3O3S. The number of furan rings is 1. The molecule has 0 spiro atoms. The Labute approximate surface area is 194 Å². The minimum absolute atomic E-state index is 0.271. The molecule has 33 heavy (non-hydrogen) atoms. The number of benzene rings is 3. The molecule has 7 heteroatoms. The monoisotopic (exact) mass is 455 g/mol. The first kappa shape index (κ1) is 20.9. The highest BCUT2D eigenvalue weighted by atomic mass is 32.1. The first-order chi connectivity index (χ1) is 16.0. The molecule has 0 aliphatic rings. The lowest BCUT2D eigenvalue weighted by Crippen LogP contribution is -2.08. The summed E-state index contributed by atoms with van der Waals surface area (Å²) in [5, 5.41) is 15.2. The van der Waals surface area contributed by atoms with Crippen LogP contribution in [-0.2, 0) is 4.79 Å². The Hall–Kier alpha value is -3.97. The van der Waals surface area contributed by atoms with Gasteiger partial charge >= 0.3 is 0 Å². The lowest BCUT2D eigenvalue weighted by Gasteiger charge is -2.10. The largest absolute Gasteiger partial charge is 0.496 e. The molecule has 0 atom stereocenters. The number of hydrogen-bond acceptors (Lipinski definition) is 6. The van der Waals surface area contributed by atoms with Crippen LogP contribution in [0.5, 0.6) is 5.75 Å². The number of anilines is 1. The smallest absolute Gasteiger partial charge is 0.250 e. The number of nitrogens with zero attached hydrogens (tertiary/aromatic N) is 2. The van der Waals surface area contributed by atoms with Gasteiger partial charge in [0.1, 0.15) is 16.3 Å². The molecule has 0 aliphatic heterocycles. The van der Waals surface area contributed by atoms with Crippen LogP contribution in [0, 0.1) is 6.92 Å². The van der Waals surface area contributed by atoms with Crippen LogP contribution < -0.4 is 10.1 Å². The molecule has 5 rings (SSSR count). The standard InChI is InChI=1S/C26H21N3O3S/c1-15(10-25(30)27-26-29-28-16(2)33-26)20-12-21-22(14-32-24(21)13-23(20)31-3)19-9-8-17-6-4-5-7-18(17)11-19/h4-14H,1-3H3,(H,27,29,30)/b15-10+. The van der Waals surface area contributed by atoms with Crippen LogP contribution in [0.1, 0.15) is 17.5 Å². The number of carbonyl (C=O) groups excluding carboxylic acids is 1. The zero-order chi connectivity index (χ0) is 22.9. The zero-order valence-electron chi connectivity index (χ0n) is 18.4. The van der Waals surface area contributed by atoms with Crippen molar-refractivity contribution in [3.63, 3.8) is 0 Å². The summed E-state index contributed by atoms with van der Waals surface area (Å²) in [4.78, 5) is 12.5. The number of allylic oxidation sites excluding steroid dienone is 1. The van der Waals surface area contributed by atoms with Gasteiger partial charge in [0.15, 0.2) is 0 Å². The van der Waals surface area contributed by atoms with Gasteiger partial charge in [-0.15, -0.1) is 10.2 Å². The molecule has 0 saturated carbocycles. The molecule has 0 radical (unpaired) electrons. The van der Waals surface area contributed by atoms with Crippen molar-refractivity contribution in [2.75, 3.05) is 12.4 Å². The third kappa shape index (κ3) is 4.10. The molecule has 0 saturated heterocycles. The number of ether oxygens (including phenoxy) is 1. The Morgan fingerprint density at radius 3 is 2.67 bits per heavy atom. The van der Waals surface area contributed by atoms with Gasteiger partial charge in [-0.1, -0.05) is 47.7 Å². The average molecular weight is 456 g/mol. The van der Waals surface area contributed by atoms with Crippen LogP contribution in [0.2, 0.25) is 0 Å². The summed E-state index contributed by atoms with van der Waals surface area (Å²) < 4.78 is 11.5. The summed E-state index contributed by atoms with van der Waals surface area (Å²) in [6.07, 6.45) is 3.30. The molecule has 3 aromatic carbocycles. The quantitative estimate of drug-likeness (QED) is 0.308. The fraction of sp³-hybridized carbons (Fsp3) is 0.115. The van der Waals surface area contributed by atoms with Gasteiger partial charge in [-0.2, -0.15) is 0 Å². The van der Waals surface area contributed by atoms with Crippen molar-refractivity contribution in [2.45, 2.75) is 13.8 Å². The van der Waals surface area contributed by atoms with Crippen molar-refractivity contribution in [1.29, 1.82) is 0 Å². The van der Waals surface area contributed by atoms with Crippen molar-refractivity contribution in [1.82, 2.24) is 10.2 Å². The molecule has 0 bridgehead atoms. The van der Waals surface area contributed by atoms with E-state index in [1.807, 2.05) is 38.1 Å². The third-order valence-electron chi connectivity index (χ3n) is 5.48. The number of carbonyl (C=O) groups is 1. The highest BCUT2D eigenvalue weighted by Crippen LogP contribution is 2.38. The maximum absolute atomic E-state index is 12.5. The van der Waals surface area contributed by atoms with E-state index < -0.39 is 0 Å². The molecule has 6 nitrogen and oxygen atoms in total. The maximum atomic E-state index is 12.5. The van der Waals surface area contributed by atoms with Crippen molar-refractivity contribution in [3.8, 4) is 16.9 Å². The van der Waals surface area contributed by atoms with Gasteiger partial charge in [0.2, 0.25) is 11.0 Å². The summed E-state index contributed by atoms with van der Waals surface area (Å²) in [7, 11) is 1.61. The molecule has 2 aromatic heterocycles. The summed E-state index contributed by atoms with van der Waals surface area (Å²) in [6, 6.07) is 18.5. The fourth-order valence-corrected chi connectivity index (χ4v) is 4.47. The van der Waals surface area contributed by atoms with Gasteiger partial charge in [-0.05, 0) is 47.9 Å². The fourth-order valence-electron chi connectivity index (χ4n) is 3.88. The Kier molecular flexibility index (Phi) is 5.40. The third-order valence-corrected chi connectivity index (χ3v) is 6.24. The van der Waals surface area contributed by atoms with Crippen LogP contribution in [0.3, 0.4) is 0 Å². The summed E-state index contributed by atoms with van der Waals surface area (Å²) in [5.74, 6) is 0.364. The Bertz CT molecular complexity index is 1530. The minimum atomic E-state index is -0.271. The second-order valence-corrected chi connectivity index (χ2v) is 8.88. The van der Waals surface area contributed by atoms with E-state index in [0.717, 1.165) is 43.6 Å². The Morgan fingerprint density at radius 1 is 1.09 bits per heavy atom. The van der Waals surface area contributed by atoms with Gasteiger partial charge in [0, 0.05) is 28.7 Å². The predicted molar refractivity (Wildman–Crippen MR) is 133 cm³/mol. The molecule has 0 aliphatic carbocycles. The lowest BCUT2D eigenvalue weighted by molar-refractivity contribution is -0.111. The summed E-state index contributed by atoms with van der Waals surface area (Å²) in [5.41, 5.74) is 4.35. The van der Waals surface area contributed by atoms with Crippen LogP contribution in [0.4, 0.5) is 5.13 Å². The van der Waals surface area contributed by atoms with E-state index in [1.54, 1.807) is 13.4 Å². The number of hydrogen-bond donors (Lipinski definition) is 1. The molecule has 0 unspecified atom stereocenters. The van der Waals surface area contributed by atoms with Crippen molar-refractivity contribution >= 4 is 49.7 Å². The molecular weight excluding hydrogens is 434 g/mol. The first-order valence-corrected chi connectivity index (χ1v) is 11.2. The van der Waals surface area contributed by atoms with E-state index in [9.17, 15) is 4.79 Å². The topological polar surface area (TPSA) is 77.2 Å². The van der Waals surface area contributed by atoms with Crippen LogP contribution in [0.25, 0.3) is 38.4 Å². The van der Waals surface area contributed by atoms with Crippen LogP contribution in [0.15, 0.2) is 71.4 Å². The molecule has 164 valence electrons. The maximum Gasteiger partial charge on any atom is 0.250 e. The predicted octanol–water partition coefficient (Wildman–Crippen LogP) is 6.46. The minimum Gasteiger partial charge on any atom is -0.496 e. The number of nitrogens with one attached hydrogen (secondary N) is 1. The number of methoxy groups -OCH3 is 1. The van der Waals surface area contributed by atoms with E-state index in [-0.39, 0.29) is 5.91 Å². The van der Waals surface area contributed by atoms with Crippen molar-refractivity contribution in [2.24, 2.45) is 0 Å². The van der Waals surface area contributed by atoms with Gasteiger partial charge < -0.3 is 9.15 Å². The van der Waals surface area contributed by atoms with E-state index in [4.69, 9.17) is 9.15 Å². The number of amides is 1. The van der Waals surface area contributed by atoms with Gasteiger partial charge in [-0.3, -0.25) is 10.1 Å². The molecule has 0 fully saturated rings. The molecule has 5 aromatic rings. The number of aromatic nitrogens is 2. The Morgan fingerprint density at radius 2 is 1.91 bits per heavy atom. The van der Waals surface area contributed by atoms with Gasteiger partial charge in [-0.25, -0.2) is 0 Å². The zero-order valence-corrected chi connectivity index (χ0v) is 19.2. The SMILES string of the molecule is COc1cc2occ(-c3ccc4ccccc4c3)c2cc1/C(C)=C/C(=O)Nc1nnc(C)s1. The number of aryl methyl sites for hydroxylation is 1. The van der Waals surface area contributed by atoms with Gasteiger partial charge in [0.05, 0.1) is 13.4 Å². The highest BCUT2D eigenvalue weighted by molar-refractivity contribution is 7.15. The summed E-state index contributed by atoms with van der Waals surface area (Å²) >= 11 is 1.33. The van der Waals surface area contributed by atoms with Gasteiger partial charge in [0.25, 0.3) is 0 Å². The molecule has 2 heterocycles. The number of rotatable bonds is 5. The molecule has 1 N–H and O–H groups in total. The Balaban J connectivity index is 1.55. The molecule has 1 amide bonds. The number of fused-ring (bicyclic) bond motifs is 2. The first-order valence-electron chi connectivity index (χ1n) is 10.4. The highest BCUT2D eigenvalue weighted by Gasteiger charge is 2.15. The van der Waals surface area contributed by atoms with Crippen molar-refractivity contribution in [3.05, 3.63) is 77.5 Å². The van der Waals surface area contributed by atoms with E-state index >= 15 is 0 Å². The van der Waals surface area contributed by atoms with E-state index in [2.05, 4.69) is 45.8 Å². The second-order valence-electron chi connectivity index (χ2n) is 7.70. The van der Waals surface area contributed by atoms with E-state index in [1.165, 1.54) is 22.8 Å². The average Bonchev–Trinajstić information content (AvgIpc) is 3.42.